The van der Waals surface area contributed by atoms with Gasteiger partial charge in [0.05, 0.1) is 18.6 Å². The average Bonchev–Trinajstić information content (AvgIpc) is 3.18. The molecule has 0 radical (unpaired) electrons. The minimum atomic E-state index is -0.901. The van der Waals surface area contributed by atoms with Crippen molar-refractivity contribution in [2.24, 2.45) is 5.92 Å². The van der Waals surface area contributed by atoms with Gasteiger partial charge in [-0.1, -0.05) is 43.0 Å². The van der Waals surface area contributed by atoms with Crippen LogP contribution in [0.3, 0.4) is 0 Å². The van der Waals surface area contributed by atoms with Crippen molar-refractivity contribution in [2.75, 3.05) is 26.8 Å². The summed E-state index contributed by atoms with van der Waals surface area (Å²) in [5.41, 5.74) is 1.29. The maximum atomic E-state index is 13.2. The zero-order valence-corrected chi connectivity index (χ0v) is 15.7. The minimum Gasteiger partial charge on any atom is -0.497 e. The molecule has 1 aliphatic rings. The molecule has 2 aromatic carbocycles. The lowest BCUT2D eigenvalue weighted by molar-refractivity contribution is -0.141. The van der Waals surface area contributed by atoms with E-state index in [0.29, 0.717) is 23.6 Å². The van der Waals surface area contributed by atoms with Crippen LogP contribution >= 0.6 is 0 Å². The molecule has 28 heavy (non-hydrogen) atoms. The van der Waals surface area contributed by atoms with Gasteiger partial charge in [-0.25, -0.2) is 0 Å². The van der Waals surface area contributed by atoms with E-state index >= 15 is 0 Å². The molecule has 3 rings (SSSR count). The lowest BCUT2D eigenvalue weighted by Crippen LogP contribution is -2.30. The molecule has 2 aromatic rings. The van der Waals surface area contributed by atoms with Crippen LogP contribution in [0.5, 0.6) is 11.5 Å². The third kappa shape index (κ3) is 4.01. The number of hydrogen-bond acceptors (Lipinski definition) is 4. The molecule has 1 amide bonds. The van der Waals surface area contributed by atoms with Gasteiger partial charge in [-0.2, -0.15) is 0 Å². The number of hydrogen-bond donors (Lipinski definition) is 1. The lowest BCUT2D eigenvalue weighted by Gasteiger charge is -2.19. The molecule has 2 unspecified atom stereocenters. The van der Waals surface area contributed by atoms with Gasteiger partial charge in [-0.15, -0.1) is 0 Å². The fourth-order valence-corrected chi connectivity index (χ4v) is 3.50. The van der Waals surface area contributed by atoms with Crippen molar-refractivity contribution in [1.82, 2.24) is 4.90 Å². The number of likely N-dealkylation sites (tertiary alicyclic amines) is 1. The Morgan fingerprint density at radius 1 is 1.21 bits per heavy atom. The highest BCUT2D eigenvalue weighted by Gasteiger charge is 2.41. The highest BCUT2D eigenvalue weighted by molar-refractivity contribution is 5.97. The molecule has 1 saturated heterocycles. The number of benzene rings is 2. The first-order chi connectivity index (χ1) is 13.5. The van der Waals surface area contributed by atoms with E-state index in [1.54, 1.807) is 29.2 Å². The van der Waals surface area contributed by atoms with Crippen molar-refractivity contribution in [2.45, 2.75) is 5.92 Å². The summed E-state index contributed by atoms with van der Waals surface area (Å²) in [4.78, 5) is 26.5. The first-order valence-electron chi connectivity index (χ1n) is 9.04. The molecule has 1 fully saturated rings. The number of rotatable bonds is 7. The number of ether oxygens (including phenoxy) is 2. The molecule has 0 aromatic heterocycles. The summed E-state index contributed by atoms with van der Waals surface area (Å²) in [6.45, 7) is 4.37. The Hall–Kier alpha value is -3.28. The second kappa shape index (κ2) is 8.61. The quantitative estimate of drug-likeness (QED) is 0.746. The number of amides is 1. The van der Waals surface area contributed by atoms with Crippen molar-refractivity contribution < 1.29 is 24.2 Å². The summed E-state index contributed by atoms with van der Waals surface area (Å²) in [5, 5.41) is 9.66. The third-order valence-corrected chi connectivity index (χ3v) is 4.93. The van der Waals surface area contributed by atoms with Crippen LogP contribution in [0.15, 0.2) is 61.2 Å². The minimum absolute atomic E-state index is 0.153. The Bertz CT molecular complexity index is 864. The van der Waals surface area contributed by atoms with Crippen LogP contribution in [0, 0.1) is 5.92 Å². The number of carbonyl (C=O) groups excluding carboxylic acids is 1. The molecular weight excluding hydrogens is 358 g/mol. The maximum Gasteiger partial charge on any atom is 0.308 e. The number of carboxylic acids is 1. The van der Waals surface area contributed by atoms with E-state index in [-0.39, 0.29) is 25.0 Å². The number of nitrogens with zero attached hydrogens (tertiary/aromatic N) is 1. The zero-order chi connectivity index (χ0) is 20.1. The lowest BCUT2D eigenvalue weighted by atomic mass is 9.89. The van der Waals surface area contributed by atoms with Crippen molar-refractivity contribution in [3.8, 4) is 11.5 Å². The summed E-state index contributed by atoms with van der Waals surface area (Å²) in [6, 6.07) is 14.4. The summed E-state index contributed by atoms with van der Waals surface area (Å²) in [5.74, 6) is -1.10. The fourth-order valence-electron chi connectivity index (χ4n) is 3.50. The van der Waals surface area contributed by atoms with Gasteiger partial charge in [0.2, 0.25) is 0 Å². The van der Waals surface area contributed by atoms with Crippen LogP contribution in [0.25, 0.3) is 0 Å². The average molecular weight is 381 g/mol. The van der Waals surface area contributed by atoms with Gasteiger partial charge in [0.1, 0.15) is 18.1 Å². The SMILES string of the molecule is C=CCOc1cc(OC)ccc1C(=O)N1CC(C(=O)O)C(c2ccccc2)C1. The molecule has 1 aliphatic heterocycles. The van der Waals surface area contributed by atoms with E-state index in [2.05, 4.69) is 6.58 Å². The largest absolute Gasteiger partial charge is 0.497 e. The highest BCUT2D eigenvalue weighted by Crippen LogP contribution is 2.35. The zero-order valence-electron chi connectivity index (χ0n) is 15.7. The topological polar surface area (TPSA) is 76.1 Å². The van der Waals surface area contributed by atoms with Gasteiger partial charge in [0.15, 0.2) is 0 Å². The normalized spacial score (nSPS) is 18.5. The van der Waals surface area contributed by atoms with E-state index in [0.717, 1.165) is 5.56 Å². The summed E-state index contributed by atoms with van der Waals surface area (Å²) in [7, 11) is 1.54. The van der Waals surface area contributed by atoms with Gasteiger partial charge in [0.25, 0.3) is 5.91 Å². The molecule has 0 bridgehead atoms. The number of aliphatic carboxylic acids is 1. The van der Waals surface area contributed by atoms with Gasteiger partial charge in [0, 0.05) is 25.1 Å². The highest BCUT2D eigenvalue weighted by atomic mass is 16.5. The monoisotopic (exact) mass is 381 g/mol. The summed E-state index contributed by atoms with van der Waals surface area (Å²) in [6.07, 6.45) is 1.59. The van der Waals surface area contributed by atoms with E-state index < -0.39 is 11.9 Å². The van der Waals surface area contributed by atoms with E-state index in [1.165, 1.54) is 7.11 Å². The van der Waals surface area contributed by atoms with E-state index in [4.69, 9.17) is 9.47 Å². The Balaban J connectivity index is 1.88. The molecule has 2 atom stereocenters. The molecule has 0 saturated carbocycles. The molecule has 6 heteroatoms. The molecular formula is C22H23NO5. The van der Waals surface area contributed by atoms with E-state index in [9.17, 15) is 14.7 Å². The standard InChI is InChI=1S/C22H23NO5/c1-3-11-28-20-12-16(27-2)9-10-17(20)21(24)23-13-18(19(14-23)22(25)26)15-7-5-4-6-8-15/h3-10,12,18-19H,1,11,13-14H2,2H3,(H,25,26). The molecule has 146 valence electrons. The third-order valence-electron chi connectivity index (χ3n) is 4.93. The number of carbonyl (C=O) groups is 2. The first kappa shape index (κ1) is 19.5. The second-order valence-corrected chi connectivity index (χ2v) is 6.63. The van der Waals surface area contributed by atoms with Crippen molar-refractivity contribution >= 4 is 11.9 Å². The van der Waals surface area contributed by atoms with Gasteiger partial charge >= 0.3 is 5.97 Å². The van der Waals surface area contributed by atoms with Crippen molar-refractivity contribution in [3.05, 3.63) is 72.3 Å². The molecule has 6 nitrogen and oxygen atoms in total. The Labute approximate surface area is 164 Å². The van der Waals surface area contributed by atoms with Crippen LogP contribution in [0.1, 0.15) is 21.8 Å². The van der Waals surface area contributed by atoms with Gasteiger partial charge in [-0.3, -0.25) is 9.59 Å². The van der Waals surface area contributed by atoms with Crippen LogP contribution < -0.4 is 9.47 Å². The number of methoxy groups -OCH3 is 1. The van der Waals surface area contributed by atoms with Crippen LogP contribution in [0.4, 0.5) is 0 Å². The van der Waals surface area contributed by atoms with Crippen LogP contribution in [-0.4, -0.2) is 48.7 Å². The van der Waals surface area contributed by atoms with Crippen molar-refractivity contribution in [3.63, 3.8) is 0 Å². The van der Waals surface area contributed by atoms with Gasteiger partial charge in [-0.05, 0) is 17.7 Å². The van der Waals surface area contributed by atoms with E-state index in [1.807, 2.05) is 30.3 Å². The molecule has 0 aliphatic carbocycles. The van der Waals surface area contributed by atoms with Gasteiger partial charge < -0.3 is 19.5 Å². The predicted octanol–water partition coefficient (Wildman–Crippen LogP) is 3.20. The Morgan fingerprint density at radius 2 is 1.96 bits per heavy atom. The van der Waals surface area contributed by atoms with Crippen molar-refractivity contribution in [1.29, 1.82) is 0 Å². The smallest absolute Gasteiger partial charge is 0.308 e. The fraction of sp³-hybridized carbons (Fsp3) is 0.273. The molecule has 0 spiro atoms. The first-order valence-corrected chi connectivity index (χ1v) is 9.04. The molecule has 1 N–H and O–H groups in total. The second-order valence-electron chi connectivity index (χ2n) is 6.63. The Morgan fingerprint density at radius 3 is 2.61 bits per heavy atom. The number of carboxylic acid groups (broad SMARTS) is 1. The van der Waals surface area contributed by atoms with Crippen LogP contribution in [0.2, 0.25) is 0 Å². The Kier molecular flexibility index (Phi) is 5.99. The van der Waals surface area contributed by atoms with Crippen LogP contribution in [-0.2, 0) is 4.79 Å². The maximum absolute atomic E-state index is 13.2. The summed E-state index contributed by atoms with van der Waals surface area (Å²) >= 11 is 0. The summed E-state index contributed by atoms with van der Waals surface area (Å²) < 4.78 is 10.8. The molecule has 1 heterocycles. The predicted molar refractivity (Wildman–Crippen MR) is 105 cm³/mol.